The van der Waals surface area contributed by atoms with Gasteiger partial charge in [-0.2, -0.15) is 0 Å². The lowest BCUT2D eigenvalue weighted by molar-refractivity contribution is -0.505. The number of carbonyl (C=O) groups is 1. The van der Waals surface area contributed by atoms with E-state index in [-0.39, 0.29) is 12.5 Å². The van der Waals surface area contributed by atoms with Crippen molar-refractivity contribution in [1.82, 2.24) is 0 Å². The molecule has 1 aromatic rings. The topological polar surface area (TPSA) is 41.7 Å². The van der Waals surface area contributed by atoms with Gasteiger partial charge < -0.3 is 0 Å². The van der Waals surface area contributed by atoms with E-state index in [1.165, 1.54) is 0 Å². The van der Waals surface area contributed by atoms with Crippen molar-refractivity contribution in [3.05, 3.63) is 29.8 Å². The predicted molar refractivity (Wildman–Crippen MR) is 44.5 cm³/mol. The fourth-order valence-corrected chi connectivity index (χ4v) is 1.26. The second-order valence-electron chi connectivity index (χ2n) is 2.89. The van der Waals surface area contributed by atoms with Crippen LogP contribution < -0.4 is 0 Å². The van der Waals surface area contributed by atoms with Crippen LogP contribution in [-0.4, -0.2) is 17.2 Å². The molecule has 0 atom stereocenters. The number of benzene rings is 1. The highest BCUT2D eigenvalue weighted by molar-refractivity contribution is 5.71. The molecule has 1 aliphatic rings. The Balaban J connectivity index is 2.37. The molecular weight excluding hydrogens is 168 g/mol. The van der Waals surface area contributed by atoms with E-state index in [4.69, 9.17) is 0 Å². The first-order valence-corrected chi connectivity index (χ1v) is 4.01. The number of hydrogen-bond acceptors (Lipinski definition) is 3. The van der Waals surface area contributed by atoms with Crippen LogP contribution in [0, 0.1) is 6.92 Å². The molecule has 0 amide bonds. The number of hydrogen-bond donors (Lipinski definition) is 0. The summed E-state index contributed by atoms with van der Waals surface area (Å²) in [5, 5.41) is 3.63. The van der Waals surface area contributed by atoms with Crippen LogP contribution in [0.1, 0.15) is 5.56 Å². The van der Waals surface area contributed by atoms with Crippen LogP contribution in [0.3, 0.4) is 0 Å². The zero-order valence-corrected chi connectivity index (χ0v) is 7.23. The lowest BCUT2D eigenvalue weighted by atomic mass is 10.2. The van der Waals surface area contributed by atoms with Crippen LogP contribution >= 0.6 is 0 Å². The highest BCUT2D eigenvalue weighted by atomic mass is 16.7. The minimum atomic E-state index is -0.316. The Labute approximate surface area is 75.4 Å². The lowest BCUT2D eigenvalue weighted by Gasteiger charge is -1.93. The molecule has 1 heterocycles. The first-order valence-electron chi connectivity index (χ1n) is 4.01. The van der Waals surface area contributed by atoms with Crippen molar-refractivity contribution in [2.24, 2.45) is 5.28 Å². The molecule has 4 heteroatoms. The van der Waals surface area contributed by atoms with Crippen molar-refractivity contribution >= 4 is 11.7 Å². The zero-order chi connectivity index (χ0) is 9.26. The van der Waals surface area contributed by atoms with Gasteiger partial charge in [0.05, 0.1) is 0 Å². The highest BCUT2D eigenvalue weighted by Crippen LogP contribution is 2.19. The minimum absolute atomic E-state index is 0.199. The summed E-state index contributed by atoms with van der Waals surface area (Å²) >= 11 is 0. The second kappa shape index (κ2) is 2.97. The number of rotatable bonds is 1. The summed E-state index contributed by atoms with van der Waals surface area (Å²) in [6.45, 7) is 2.17. The standard InChI is InChI=1S/C9H9N2O2/c1-7-4-2-3-5-8(7)11-6-9(12)13-10-11/h2-5H,6H2,1H3/q+1. The molecule has 0 saturated carbocycles. The van der Waals surface area contributed by atoms with Gasteiger partial charge in [-0.1, -0.05) is 18.2 Å². The molecule has 4 nitrogen and oxygen atoms in total. The molecular formula is C9H9N2O2+. The van der Waals surface area contributed by atoms with E-state index in [1.807, 2.05) is 31.2 Å². The maximum absolute atomic E-state index is 10.8. The van der Waals surface area contributed by atoms with Gasteiger partial charge in [-0.15, -0.1) is 0 Å². The molecule has 2 rings (SSSR count). The fraction of sp³-hybridized carbons (Fsp3) is 0.222. The van der Waals surface area contributed by atoms with E-state index in [2.05, 4.69) is 10.1 Å². The third kappa shape index (κ3) is 1.42. The van der Waals surface area contributed by atoms with Crippen molar-refractivity contribution in [2.45, 2.75) is 6.92 Å². The molecule has 0 radical (unpaired) electrons. The summed E-state index contributed by atoms with van der Waals surface area (Å²) in [5.74, 6) is -0.316. The van der Waals surface area contributed by atoms with E-state index < -0.39 is 0 Å². The molecule has 66 valence electrons. The van der Waals surface area contributed by atoms with Crippen LogP contribution in [0.15, 0.2) is 29.5 Å². The predicted octanol–water partition coefficient (Wildman–Crippen LogP) is 1.56. The number of para-hydroxylation sites is 1. The van der Waals surface area contributed by atoms with Crippen LogP contribution in [0.5, 0.6) is 0 Å². The monoisotopic (exact) mass is 177 g/mol. The summed E-state index contributed by atoms with van der Waals surface area (Å²) in [4.78, 5) is 15.3. The minimum Gasteiger partial charge on any atom is -0.261 e. The third-order valence-corrected chi connectivity index (χ3v) is 1.91. The SMILES string of the molecule is Cc1ccccc1[N+]1=NOC(=O)C1. The van der Waals surface area contributed by atoms with Crippen LogP contribution in [0.4, 0.5) is 5.69 Å². The molecule has 0 saturated heterocycles. The molecule has 0 spiro atoms. The van der Waals surface area contributed by atoms with Gasteiger partial charge in [0, 0.05) is 11.6 Å². The smallest absolute Gasteiger partial charge is 0.261 e. The van der Waals surface area contributed by atoms with Gasteiger partial charge in [0.15, 0.2) is 0 Å². The normalized spacial score (nSPS) is 15.5. The lowest BCUT2D eigenvalue weighted by Crippen LogP contribution is -2.07. The maximum atomic E-state index is 10.8. The first-order chi connectivity index (χ1) is 6.27. The number of carbonyl (C=O) groups excluding carboxylic acids is 1. The molecule has 1 aromatic carbocycles. The highest BCUT2D eigenvalue weighted by Gasteiger charge is 2.27. The molecule has 0 aliphatic carbocycles. The van der Waals surface area contributed by atoms with E-state index in [1.54, 1.807) is 4.70 Å². The quantitative estimate of drug-likeness (QED) is 0.611. The average Bonchev–Trinajstić information content (AvgIpc) is 2.53. The van der Waals surface area contributed by atoms with Gasteiger partial charge in [-0.3, -0.25) is 4.84 Å². The van der Waals surface area contributed by atoms with E-state index in [0.29, 0.717) is 0 Å². The van der Waals surface area contributed by atoms with Crippen molar-refractivity contribution in [3.63, 3.8) is 0 Å². The largest absolute Gasteiger partial charge is 0.407 e. The molecule has 1 aliphatic heterocycles. The Morgan fingerprint density at radius 1 is 1.46 bits per heavy atom. The summed E-state index contributed by atoms with van der Waals surface area (Å²) < 4.78 is 1.55. The Hall–Kier alpha value is -1.71. The van der Waals surface area contributed by atoms with Gasteiger partial charge in [0.25, 0.3) is 6.54 Å². The summed E-state index contributed by atoms with van der Waals surface area (Å²) in [5.41, 5.74) is 1.98. The number of nitrogens with zero attached hydrogens (tertiary/aromatic N) is 2. The van der Waals surface area contributed by atoms with Gasteiger partial charge in [0.2, 0.25) is 11.0 Å². The van der Waals surface area contributed by atoms with Gasteiger partial charge in [-0.05, 0) is 11.6 Å². The van der Waals surface area contributed by atoms with Gasteiger partial charge in [0.1, 0.15) is 0 Å². The molecule has 0 aromatic heterocycles. The average molecular weight is 177 g/mol. The number of aryl methyl sites for hydroxylation is 1. The Bertz CT molecular complexity index is 385. The first kappa shape index (κ1) is 7.91. The fourth-order valence-electron chi connectivity index (χ4n) is 1.26. The van der Waals surface area contributed by atoms with E-state index >= 15 is 0 Å². The molecule has 0 N–H and O–H groups in total. The molecule has 13 heavy (non-hydrogen) atoms. The van der Waals surface area contributed by atoms with Crippen molar-refractivity contribution in [2.75, 3.05) is 6.54 Å². The molecule has 0 fully saturated rings. The van der Waals surface area contributed by atoms with E-state index in [9.17, 15) is 4.79 Å². The van der Waals surface area contributed by atoms with Crippen LogP contribution in [0.25, 0.3) is 0 Å². The van der Waals surface area contributed by atoms with Crippen LogP contribution in [0.2, 0.25) is 0 Å². The van der Waals surface area contributed by atoms with Gasteiger partial charge >= 0.3 is 5.97 Å². The van der Waals surface area contributed by atoms with Crippen LogP contribution in [-0.2, 0) is 9.63 Å². The summed E-state index contributed by atoms with van der Waals surface area (Å²) in [6, 6.07) is 7.71. The summed E-state index contributed by atoms with van der Waals surface area (Å²) in [7, 11) is 0. The van der Waals surface area contributed by atoms with Gasteiger partial charge in [-0.25, -0.2) is 4.79 Å². The Kier molecular flexibility index (Phi) is 1.81. The summed E-state index contributed by atoms with van der Waals surface area (Å²) in [6.07, 6.45) is 0. The zero-order valence-electron chi connectivity index (χ0n) is 7.23. The third-order valence-electron chi connectivity index (χ3n) is 1.91. The second-order valence-corrected chi connectivity index (χ2v) is 2.89. The Morgan fingerprint density at radius 3 is 2.85 bits per heavy atom. The van der Waals surface area contributed by atoms with Crippen molar-refractivity contribution < 1.29 is 14.3 Å². The van der Waals surface area contributed by atoms with Crippen molar-refractivity contribution in [3.8, 4) is 0 Å². The molecule has 0 unspecified atom stereocenters. The maximum Gasteiger partial charge on any atom is 0.407 e. The van der Waals surface area contributed by atoms with E-state index in [0.717, 1.165) is 11.3 Å². The molecule has 0 bridgehead atoms. The Morgan fingerprint density at radius 2 is 2.23 bits per heavy atom. The van der Waals surface area contributed by atoms with Crippen molar-refractivity contribution in [1.29, 1.82) is 0 Å².